The van der Waals surface area contributed by atoms with Crippen LogP contribution in [0.4, 0.5) is 0 Å². The minimum atomic E-state index is 1.15. The van der Waals surface area contributed by atoms with Crippen molar-refractivity contribution in [3.63, 3.8) is 0 Å². The third-order valence-corrected chi connectivity index (χ3v) is 0.493. The molecule has 0 aromatic rings. The van der Waals surface area contributed by atoms with Crippen molar-refractivity contribution in [2.75, 3.05) is 0 Å². The molecule has 0 aromatic carbocycles. The van der Waals surface area contributed by atoms with Crippen molar-refractivity contribution in [3.8, 4) is 0 Å². The average molecular weight is 65.7 g/mol. The standard InChI is InChI=1S/C3H8B2/c1-5-3-2-4/h1-4H2. The van der Waals surface area contributed by atoms with Crippen LogP contribution >= 0.6 is 0 Å². The zero-order chi connectivity index (χ0) is 4.12. The van der Waals surface area contributed by atoms with Gasteiger partial charge in [-0.3, -0.25) is 0 Å². The SMILES string of the molecule is BCCB=C. The van der Waals surface area contributed by atoms with Gasteiger partial charge < -0.3 is 0 Å². The Morgan fingerprint density at radius 3 is 2.40 bits per heavy atom. The van der Waals surface area contributed by atoms with Gasteiger partial charge in [0.25, 0.3) is 0 Å². The summed E-state index contributed by atoms with van der Waals surface area (Å²) in [4.78, 5) is 0. The molecular formula is C3H8B2. The minimum absolute atomic E-state index is 1.15. The maximum absolute atomic E-state index is 3.55. The summed E-state index contributed by atoms with van der Waals surface area (Å²) < 4.78 is 0. The molecule has 0 fully saturated rings. The van der Waals surface area contributed by atoms with Gasteiger partial charge in [-0.25, -0.2) is 0 Å². The summed E-state index contributed by atoms with van der Waals surface area (Å²) in [6, 6.07) is 0. The van der Waals surface area contributed by atoms with Crippen molar-refractivity contribution in [2.45, 2.75) is 12.6 Å². The first-order chi connectivity index (χ1) is 2.41. The fraction of sp³-hybridized carbons (Fsp3) is 0.667. The van der Waals surface area contributed by atoms with E-state index in [-0.39, 0.29) is 0 Å². The molecule has 0 bridgehead atoms. The van der Waals surface area contributed by atoms with E-state index in [9.17, 15) is 0 Å². The van der Waals surface area contributed by atoms with Crippen LogP contribution in [-0.2, 0) is 0 Å². The van der Waals surface area contributed by atoms with E-state index >= 15 is 0 Å². The van der Waals surface area contributed by atoms with E-state index in [1.807, 2.05) is 6.92 Å². The molecule has 0 N–H and O–H groups in total. The molecule has 0 aliphatic heterocycles. The Morgan fingerprint density at radius 2 is 2.40 bits per heavy atom. The van der Waals surface area contributed by atoms with Gasteiger partial charge in [-0.05, 0) is 0 Å². The molecule has 0 amide bonds. The summed E-state index contributed by atoms with van der Waals surface area (Å²) in [5.41, 5.74) is 0. The first-order valence-electron chi connectivity index (χ1n) is 2.02. The molecule has 0 rings (SSSR count). The molecule has 0 saturated carbocycles. The predicted octanol–water partition coefficient (Wildman–Crippen LogP) is -0.408. The van der Waals surface area contributed by atoms with Crippen LogP contribution in [0.25, 0.3) is 0 Å². The molecule has 0 nitrogen and oxygen atoms in total. The molecule has 0 spiro atoms. The van der Waals surface area contributed by atoms with Crippen molar-refractivity contribution < 1.29 is 0 Å². The zero-order valence-corrected chi connectivity index (χ0v) is 3.70. The molecule has 0 radical (unpaired) electrons. The summed E-state index contributed by atoms with van der Waals surface area (Å²) in [6.07, 6.45) is 2.38. The first kappa shape index (κ1) is 5.00. The van der Waals surface area contributed by atoms with Gasteiger partial charge in [0.2, 0.25) is 0 Å². The van der Waals surface area contributed by atoms with E-state index in [0.29, 0.717) is 0 Å². The quantitative estimate of drug-likeness (QED) is 0.384. The van der Waals surface area contributed by atoms with Crippen molar-refractivity contribution in [3.05, 3.63) is 0 Å². The Kier molecular flexibility index (Phi) is 4.00. The van der Waals surface area contributed by atoms with Gasteiger partial charge in [-0.1, -0.05) is 0 Å². The van der Waals surface area contributed by atoms with Gasteiger partial charge in [-0.15, -0.1) is 0 Å². The summed E-state index contributed by atoms with van der Waals surface area (Å²) in [6.45, 7) is 5.48. The Balaban J connectivity index is 2.40. The summed E-state index contributed by atoms with van der Waals surface area (Å²) >= 11 is 0. The Labute approximate surface area is 34.9 Å². The molecule has 0 aliphatic carbocycles. The Bertz CT molecular complexity index is 26.1. The van der Waals surface area contributed by atoms with Crippen molar-refractivity contribution in [2.24, 2.45) is 0 Å². The third kappa shape index (κ3) is 4.00. The summed E-state index contributed by atoms with van der Waals surface area (Å²) in [5.74, 6) is 0. The van der Waals surface area contributed by atoms with Crippen LogP contribution in [0, 0.1) is 0 Å². The van der Waals surface area contributed by atoms with Crippen LogP contribution in [0.5, 0.6) is 0 Å². The van der Waals surface area contributed by atoms with E-state index in [1.54, 1.807) is 0 Å². The van der Waals surface area contributed by atoms with Crippen LogP contribution in [0.15, 0.2) is 0 Å². The van der Waals surface area contributed by atoms with Crippen LogP contribution in [0.2, 0.25) is 12.6 Å². The monoisotopic (exact) mass is 66.1 g/mol. The third-order valence-electron chi connectivity index (χ3n) is 0.493. The molecule has 0 aliphatic rings. The number of rotatable bonds is 2. The molecule has 0 saturated heterocycles. The second-order valence-electron chi connectivity index (χ2n) is 1.08. The van der Waals surface area contributed by atoms with E-state index in [1.165, 1.54) is 6.32 Å². The number of hydrogen-bond acceptors (Lipinski definition) is 0. The normalized spacial score (nSPS) is 6.40. The molecule has 5 heavy (non-hydrogen) atoms. The first-order valence-corrected chi connectivity index (χ1v) is 2.02. The van der Waals surface area contributed by atoms with Crippen molar-refractivity contribution >= 4 is 21.2 Å². The van der Waals surface area contributed by atoms with Crippen molar-refractivity contribution in [1.29, 1.82) is 0 Å². The van der Waals surface area contributed by atoms with Gasteiger partial charge in [0.05, 0.1) is 0 Å². The van der Waals surface area contributed by atoms with E-state index < -0.39 is 0 Å². The van der Waals surface area contributed by atoms with Gasteiger partial charge in [0, 0.05) is 0 Å². The second-order valence-corrected chi connectivity index (χ2v) is 1.08. The van der Waals surface area contributed by atoms with E-state index in [4.69, 9.17) is 0 Å². The molecule has 2 heteroatoms. The molecule has 26 valence electrons. The van der Waals surface area contributed by atoms with Crippen LogP contribution in [0.3, 0.4) is 0 Å². The molecule has 0 heterocycles. The van der Waals surface area contributed by atoms with Crippen LogP contribution in [-0.4, -0.2) is 21.2 Å². The maximum atomic E-state index is 3.55. The van der Waals surface area contributed by atoms with Crippen LogP contribution in [0.1, 0.15) is 0 Å². The molecule has 0 unspecified atom stereocenters. The average Bonchev–Trinajstić information content (AvgIpc) is 1.41. The Morgan fingerprint density at radius 1 is 1.80 bits per heavy atom. The van der Waals surface area contributed by atoms with Gasteiger partial charge in [0.1, 0.15) is 0 Å². The predicted molar refractivity (Wildman–Crippen MR) is 31.0 cm³/mol. The van der Waals surface area contributed by atoms with Gasteiger partial charge in [0.15, 0.2) is 0 Å². The van der Waals surface area contributed by atoms with Gasteiger partial charge in [-0.2, -0.15) is 0 Å². The van der Waals surface area contributed by atoms with Gasteiger partial charge >= 0.3 is 33.9 Å². The fourth-order valence-electron chi connectivity index (χ4n) is 0.204. The van der Waals surface area contributed by atoms with E-state index in [0.717, 1.165) is 6.32 Å². The number of hydrogen-bond donors (Lipinski definition) is 0. The summed E-state index contributed by atoms with van der Waals surface area (Å²) in [7, 11) is 2.14. The molecular weight excluding hydrogens is 57.7 g/mol. The molecule has 0 aromatic heterocycles. The zero-order valence-electron chi connectivity index (χ0n) is 3.70. The van der Waals surface area contributed by atoms with Crippen LogP contribution < -0.4 is 0 Å². The fourth-order valence-corrected chi connectivity index (χ4v) is 0.204. The van der Waals surface area contributed by atoms with E-state index in [2.05, 4.69) is 14.3 Å². The topological polar surface area (TPSA) is 0 Å². The molecule has 0 atom stereocenters. The Hall–Kier alpha value is -0.000130. The van der Waals surface area contributed by atoms with Crippen molar-refractivity contribution in [1.82, 2.24) is 0 Å². The second kappa shape index (κ2) is 4.00. The summed E-state index contributed by atoms with van der Waals surface area (Å²) in [5, 5.41) is 0.